The Bertz CT molecular complexity index is 1090. The molecule has 0 atom stereocenters. The van der Waals surface area contributed by atoms with E-state index in [0.717, 1.165) is 15.6 Å². The first-order valence-electron chi connectivity index (χ1n) is 9.11. The quantitative estimate of drug-likeness (QED) is 0.460. The molecule has 1 aromatic heterocycles. The number of carbonyl (C=O) groups is 3. The molecule has 0 spiro atoms. The zero-order valence-electron chi connectivity index (χ0n) is 17.4. The van der Waals surface area contributed by atoms with Gasteiger partial charge >= 0.3 is 5.97 Å². The highest BCUT2D eigenvalue weighted by Gasteiger charge is 2.25. The highest BCUT2D eigenvalue weighted by atomic mass is 32.2. The molecule has 2 rings (SSSR count). The first-order valence-corrected chi connectivity index (χ1v) is 11.4. The van der Waals surface area contributed by atoms with Crippen LogP contribution in [0.4, 0.5) is 5.00 Å². The van der Waals surface area contributed by atoms with Crippen molar-refractivity contribution in [2.45, 2.75) is 25.7 Å². The Morgan fingerprint density at radius 2 is 1.87 bits per heavy atom. The van der Waals surface area contributed by atoms with Gasteiger partial charge in [-0.2, -0.15) is 0 Å². The van der Waals surface area contributed by atoms with Crippen LogP contribution in [0.15, 0.2) is 29.2 Å². The van der Waals surface area contributed by atoms with Gasteiger partial charge in [0.25, 0.3) is 0 Å². The number of sulfonamides is 1. The number of hydrogen-bond donors (Lipinski definition) is 1. The lowest BCUT2D eigenvalue weighted by Gasteiger charge is -2.12. The predicted molar refractivity (Wildman–Crippen MR) is 115 cm³/mol. The van der Waals surface area contributed by atoms with E-state index in [9.17, 15) is 22.8 Å². The number of ketones is 2. The number of carbonyl (C=O) groups excluding carboxylic acids is 3. The molecule has 8 nitrogen and oxygen atoms in total. The Hall–Kier alpha value is -2.56. The monoisotopic (exact) mass is 452 g/mol. The highest BCUT2D eigenvalue weighted by molar-refractivity contribution is 7.89. The molecule has 0 radical (unpaired) electrons. The van der Waals surface area contributed by atoms with Gasteiger partial charge in [0.2, 0.25) is 10.0 Å². The number of thiophene rings is 1. The minimum atomic E-state index is -3.67. The van der Waals surface area contributed by atoms with Crippen LogP contribution in [0.1, 0.15) is 49.8 Å². The fourth-order valence-electron chi connectivity index (χ4n) is 2.73. The van der Waals surface area contributed by atoms with E-state index in [2.05, 4.69) is 5.32 Å². The van der Waals surface area contributed by atoms with E-state index in [0.29, 0.717) is 15.4 Å². The molecule has 0 bridgehead atoms. The van der Waals surface area contributed by atoms with Crippen LogP contribution in [0.25, 0.3) is 0 Å². The molecule has 30 heavy (non-hydrogen) atoms. The van der Waals surface area contributed by atoms with Gasteiger partial charge in [-0.05, 0) is 38.5 Å². The standard InChI is InChI=1S/C20H24N2O6S2/c1-6-28-20(25)17-12(2)18(13(3)23)29-19(17)21-11-16(24)14-8-7-9-15(10-14)30(26,27)22(4)5/h7-10,21H,6,11H2,1-5H3. The van der Waals surface area contributed by atoms with Crippen LogP contribution in [0.3, 0.4) is 0 Å². The summed E-state index contributed by atoms with van der Waals surface area (Å²) in [6.07, 6.45) is 0. The van der Waals surface area contributed by atoms with Crippen molar-refractivity contribution in [1.82, 2.24) is 4.31 Å². The topological polar surface area (TPSA) is 110 Å². The van der Waals surface area contributed by atoms with Crippen LogP contribution in [-0.4, -0.2) is 57.5 Å². The maximum atomic E-state index is 12.7. The highest BCUT2D eigenvalue weighted by Crippen LogP contribution is 2.34. The van der Waals surface area contributed by atoms with Gasteiger partial charge in [0, 0.05) is 19.7 Å². The average molecular weight is 453 g/mol. The summed E-state index contributed by atoms with van der Waals surface area (Å²) in [5.74, 6) is -1.13. The van der Waals surface area contributed by atoms with Crippen LogP contribution in [0.2, 0.25) is 0 Å². The average Bonchev–Trinajstić information content (AvgIpc) is 3.02. The van der Waals surface area contributed by atoms with E-state index in [-0.39, 0.29) is 40.7 Å². The lowest BCUT2D eigenvalue weighted by Crippen LogP contribution is -2.23. The summed E-state index contributed by atoms with van der Waals surface area (Å²) in [7, 11) is -0.851. The molecule has 0 saturated heterocycles. The summed E-state index contributed by atoms with van der Waals surface area (Å²) >= 11 is 1.08. The zero-order chi connectivity index (χ0) is 22.6. The van der Waals surface area contributed by atoms with Gasteiger partial charge < -0.3 is 10.1 Å². The number of ether oxygens (including phenoxy) is 1. The van der Waals surface area contributed by atoms with Gasteiger partial charge in [0.05, 0.1) is 28.5 Å². The van der Waals surface area contributed by atoms with Crippen molar-refractivity contribution in [2.24, 2.45) is 0 Å². The Morgan fingerprint density at radius 3 is 2.43 bits per heavy atom. The van der Waals surface area contributed by atoms with E-state index in [1.54, 1.807) is 13.8 Å². The van der Waals surface area contributed by atoms with E-state index >= 15 is 0 Å². The molecule has 2 aromatic rings. The third-order valence-corrected chi connectivity index (χ3v) is 7.45. The summed E-state index contributed by atoms with van der Waals surface area (Å²) in [6.45, 7) is 4.72. The van der Waals surface area contributed by atoms with Gasteiger partial charge in [0.1, 0.15) is 5.00 Å². The number of anilines is 1. The van der Waals surface area contributed by atoms with Gasteiger partial charge in [-0.1, -0.05) is 12.1 Å². The number of Topliss-reactive ketones (excluding diaryl/α,β-unsaturated/α-hetero) is 2. The van der Waals surface area contributed by atoms with Gasteiger partial charge in [-0.3, -0.25) is 9.59 Å². The number of hydrogen-bond acceptors (Lipinski definition) is 8. The predicted octanol–water partition coefficient (Wildman–Crippen LogP) is 2.98. The Balaban J connectivity index is 2.30. The molecule has 0 unspecified atom stereocenters. The van der Waals surface area contributed by atoms with Crippen LogP contribution in [0, 0.1) is 6.92 Å². The van der Waals surface area contributed by atoms with Crippen molar-refractivity contribution in [3.8, 4) is 0 Å². The third-order valence-electron chi connectivity index (χ3n) is 4.29. The van der Waals surface area contributed by atoms with Crippen molar-refractivity contribution in [2.75, 3.05) is 32.6 Å². The Labute approximate surface area is 179 Å². The normalized spacial score (nSPS) is 11.4. The van der Waals surface area contributed by atoms with E-state index in [1.165, 1.54) is 45.3 Å². The second kappa shape index (κ2) is 9.50. The van der Waals surface area contributed by atoms with E-state index in [4.69, 9.17) is 4.74 Å². The number of rotatable bonds is 9. The summed E-state index contributed by atoms with van der Waals surface area (Å²) < 4.78 is 30.7. The Morgan fingerprint density at radius 1 is 1.20 bits per heavy atom. The maximum absolute atomic E-state index is 12.7. The zero-order valence-corrected chi connectivity index (χ0v) is 19.1. The molecule has 0 fully saturated rings. The largest absolute Gasteiger partial charge is 0.462 e. The molecule has 1 aromatic carbocycles. The van der Waals surface area contributed by atoms with Gasteiger partial charge in [0.15, 0.2) is 11.6 Å². The van der Waals surface area contributed by atoms with Gasteiger partial charge in [-0.25, -0.2) is 17.5 Å². The van der Waals surface area contributed by atoms with Crippen molar-refractivity contribution in [3.63, 3.8) is 0 Å². The van der Waals surface area contributed by atoms with Crippen molar-refractivity contribution in [3.05, 3.63) is 45.8 Å². The second-order valence-corrected chi connectivity index (χ2v) is 9.80. The minimum Gasteiger partial charge on any atom is -0.462 e. The second-order valence-electron chi connectivity index (χ2n) is 6.63. The molecule has 0 saturated carbocycles. The maximum Gasteiger partial charge on any atom is 0.341 e. The molecule has 0 aliphatic rings. The molecule has 1 heterocycles. The first kappa shape index (κ1) is 23.7. The smallest absolute Gasteiger partial charge is 0.341 e. The molecule has 1 N–H and O–H groups in total. The third kappa shape index (κ3) is 4.94. The lowest BCUT2D eigenvalue weighted by atomic mass is 10.1. The van der Waals surface area contributed by atoms with Crippen molar-refractivity contribution in [1.29, 1.82) is 0 Å². The fraction of sp³-hybridized carbons (Fsp3) is 0.350. The molecule has 162 valence electrons. The summed E-state index contributed by atoms with van der Waals surface area (Å²) in [4.78, 5) is 37.3. The van der Waals surface area contributed by atoms with Crippen molar-refractivity contribution >= 4 is 43.9 Å². The molecule has 0 aliphatic heterocycles. The molecule has 10 heteroatoms. The minimum absolute atomic E-state index is 0.0106. The van der Waals surface area contributed by atoms with Crippen LogP contribution >= 0.6 is 11.3 Å². The molecular formula is C20H24N2O6S2. The Kier molecular flexibility index (Phi) is 7.51. The molecule has 0 amide bonds. The number of nitrogens with zero attached hydrogens (tertiary/aromatic N) is 1. The van der Waals surface area contributed by atoms with E-state index < -0.39 is 16.0 Å². The van der Waals surface area contributed by atoms with Crippen molar-refractivity contribution < 1.29 is 27.5 Å². The number of esters is 1. The van der Waals surface area contributed by atoms with Crippen LogP contribution < -0.4 is 5.32 Å². The van der Waals surface area contributed by atoms with Gasteiger partial charge in [-0.15, -0.1) is 11.3 Å². The lowest BCUT2D eigenvalue weighted by molar-refractivity contribution is 0.0527. The fourth-order valence-corrected chi connectivity index (χ4v) is 4.76. The molecular weight excluding hydrogens is 428 g/mol. The first-order chi connectivity index (χ1) is 14.0. The SMILES string of the molecule is CCOC(=O)c1c(NCC(=O)c2cccc(S(=O)(=O)N(C)C)c2)sc(C(C)=O)c1C. The van der Waals surface area contributed by atoms with E-state index in [1.807, 2.05) is 0 Å². The number of benzene rings is 1. The van der Waals surface area contributed by atoms with Crippen LogP contribution in [-0.2, 0) is 14.8 Å². The summed E-state index contributed by atoms with van der Waals surface area (Å²) in [5.41, 5.74) is 0.937. The number of nitrogens with one attached hydrogen (secondary N) is 1. The summed E-state index contributed by atoms with van der Waals surface area (Å²) in [5, 5.41) is 3.27. The summed E-state index contributed by atoms with van der Waals surface area (Å²) in [6, 6.07) is 5.74. The molecule has 0 aliphatic carbocycles. The van der Waals surface area contributed by atoms with Crippen LogP contribution in [0.5, 0.6) is 0 Å².